The summed E-state index contributed by atoms with van der Waals surface area (Å²) in [5, 5.41) is 10.2. The van der Waals surface area contributed by atoms with Crippen LogP contribution in [0.25, 0.3) is 0 Å². The summed E-state index contributed by atoms with van der Waals surface area (Å²) in [5.74, 6) is 1.65. The van der Waals surface area contributed by atoms with Gasteiger partial charge in [0.2, 0.25) is 0 Å². The Hall–Kier alpha value is -0.0800. The van der Waals surface area contributed by atoms with Crippen LogP contribution in [0.1, 0.15) is 233 Å². The first-order chi connectivity index (χ1) is 20.6. The van der Waals surface area contributed by atoms with Crippen molar-refractivity contribution < 1.29 is 9.84 Å². The molecule has 42 heavy (non-hydrogen) atoms. The molecule has 2 atom stereocenters. The van der Waals surface area contributed by atoms with Gasteiger partial charge in [0.1, 0.15) is 0 Å². The predicted octanol–water partition coefficient (Wildman–Crippen LogP) is 14.1. The highest BCUT2D eigenvalue weighted by molar-refractivity contribution is 4.59. The van der Waals surface area contributed by atoms with Crippen LogP contribution < -0.4 is 0 Å². The predicted molar refractivity (Wildman–Crippen MR) is 189 cm³/mol. The van der Waals surface area contributed by atoms with Gasteiger partial charge in [-0.3, -0.25) is 0 Å². The molecule has 0 spiro atoms. The average Bonchev–Trinajstić information content (AvgIpc) is 2.98. The molecule has 0 radical (unpaired) electrons. The standard InChI is InChI=1S/C40H82O2/c1-5-7-8-9-10-11-12-15-19-22-25-28-31-34-39(6-2)36-37-42-40(41)35-32-29-26-23-20-17-14-13-16-18-21-24-27-30-33-38(3)4/h38-41H,5-37H2,1-4H3. The fraction of sp³-hybridized carbons (Fsp3) is 1.00. The summed E-state index contributed by atoms with van der Waals surface area (Å²) in [7, 11) is 0. The Morgan fingerprint density at radius 3 is 1.10 bits per heavy atom. The van der Waals surface area contributed by atoms with Gasteiger partial charge in [0.25, 0.3) is 0 Å². The van der Waals surface area contributed by atoms with E-state index in [1.165, 1.54) is 186 Å². The van der Waals surface area contributed by atoms with Crippen LogP contribution in [-0.4, -0.2) is 18.0 Å². The number of ether oxygens (including phenoxy) is 1. The molecular weight excluding hydrogens is 512 g/mol. The fourth-order valence-corrected chi connectivity index (χ4v) is 6.45. The average molecular weight is 595 g/mol. The molecule has 254 valence electrons. The van der Waals surface area contributed by atoms with Crippen molar-refractivity contribution in [2.24, 2.45) is 11.8 Å². The molecule has 0 aliphatic carbocycles. The number of hydrogen-bond donors (Lipinski definition) is 1. The van der Waals surface area contributed by atoms with Crippen molar-refractivity contribution in [3.8, 4) is 0 Å². The van der Waals surface area contributed by atoms with Crippen LogP contribution in [-0.2, 0) is 4.74 Å². The first-order valence-electron chi connectivity index (χ1n) is 19.9. The monoisotopic (exact) mass is 595 g/mol. The van der Waals surface area contributed by atoms with Gasteiger partial charge in [0.15, 0.2) is 6.29 Å². The zero-order chi connectivity index (χ0) is 30.8. The maximum Gasteiger partial charge on any atom is 0.154 e. The minimum atomic E-state index is -0.547. The zero-order valence-corrected chi connectivity index (χ0v) is 29.9. The molecule has 0 saturated heterocycles. The van der Waals surface area contributed by atoms with E-state index in [1.54, 1.807) is 0 Å². The molecule has 2 nitrogen and oxygen atoms in total. The van der Waals surface area contributed by atoms with Crippen molar-refractivity contribution in [1.29, 1.82) is 0 Å². The van der Waals surface area contributed by atoms with Crippen LogP contribution in [0, 0.1) is 11.8 Å². The first kappa shape index (κ1) is 41.9. The Balaban J connectivity index is 3.36. The maximum absolute atomic E-state index is 10.2. The van der Waals surface area contributed by atoms with Gasteiger partial charge in [-0.2, -0.15) is 0 Å². The third kappa shape index (κ3) is 34.4. The molecule has 0 heterocycles. The molecule has 0 saturated carbocycles. The van der Waals surface area contributed by atoms with Crippen LogP contribution in [0.15, 0.2) is 0 Å². The number of unbranched alkanes of at least 4 members (excludes halogenated alkanes) is 25. The van der Waals surface area contributed by atoms with Gasteiger partial charge in [-0.1, -0.05) is 214 Å². The van der Waals surface area contributed by atoms with Crippen LogP contribution in [0.4, 0.5) is 0 Å². The van der Waals surface area contributed by atoms with E-state index in [-0.39, 0.29) is 0 Å². The van der Waals surface area contributed by atoms with Crippen molar-refractivity contribution in [2.45, 2.75) is 239 Å². The highest BCUT2D eigenvalue weighted by Crippen LogP contribution is 2.20. The Kier molecular flexibility index (Phi) is 35.3. The lowest BCUT2D eigenvalue weighted by Gasteiger charge is -2.17. The SMILES string of the molecule is CCCCCCCCCCCCCCCC(CC)CCOC(O)CCCCCCCCCCCCCCCCC(C)C. The highest BCUT2D eigenvalue weighted by Gasteiger charge is 2.09. The van der Waals surface area contributed by atoms with E-state index in [1.807, 2.05) is 0 Å². The minimum Gasteiger partial charge on any atom is -0.368 e. The Labute approximate surface area is 267 Å². The molecule has 0 rings (SSSR count). The number of aliphatic hydroxyl groups is 1. The van der Waals surface area contributed by atoms with Gasteiger partial charge in [-0.25, -0.2) is 0 Å². The van der Waals surface area contributed by atoms with Crippen molar-refractivity contribution in [1.82, 2.24) is 0 Å². The van der Waals surface area contributed by atoms with Crippen molar-refractivity contribution in [3.63, 3.8) is 0 Å². The van der Waals surface area contributed by atoms with Gasteiger partial charge >= 0.3 is 0 Å². The van der Waals surface area contributed by atoms with E-state index in [0.717, 1.165) is 37.7 Å². The summed E-state index contributed by atoms with van der Waals surface area (Å²) in [4.78, 5) is 0. The summed E-state index contributed by atoms with van der Waals surface area (Å²) in [6.07, 6.45) is 43.3. The topological polar surface area (TPSA) is 29.5 Å². The normalized spacial score (nSPS) is 13.3. The molecule has 2 heteroatoms. The lowest BCUT2D eigenvalue weighted by molar-refractivity contribution is -0.107. The van der Waals surface area contributed by atoms with Crippen molar-refractivity contribution >= 4 is 0 Å². The second-order valence-corrected chi connectivity index (χ2v) is 14.3. The van der Waals surface area contributed by atoms with Gasteiger partial charge < -0.3 is 9.84 Å². The minimum absolute atomic E-state index is 0.547. The molecular formula is C40H82O2. The van der Waals surface area contributed by atoms with Gasteiger partial charge in [-0.05, 0) is 31.1 Å². The Morgan fingerprint density at radius 2 is 0.738 bits per heavy atom. The molecule has 0 bridgehead atoms. The number of hydrogen-bond acceptors (Lipinski definition) is 2. The molecule has 0 aromatic heterocycles. The van der Waals surface area contributed by atoms with Crippen molar-refractivity contribution in [3.05, 3.63) is 0 Å². The van der Waals surface area contributed by atoms with E-state index in [2.05, 4.69) is 27.7 Å². The van der Waals surface area contributed by atoms with Crippen LogP contribution >= 0.6 is 0 Å². The maximum atomic E-state index is 10.2. The van der Waals surface area contributed by atoms with Crippen LogP contribution in [0.5, 0.6) is 0 Å². The quantitative estimate of drug-likeness (QED) is 0.0577. The first-order valence-corrected chi connectivity index (χ1v) is 19.9. The van der Waals surface area contributed by atoms with Gasteiger partial charge in [0.05, 0.1) is 0 Å². The van der Waals surface area contributed by atoms with Gasteiger partial charge in [0, 0.05) is 6.61 Å². The smallest absolute Gasteiger partial charge is 0.154 e. The number of rotatable bonds is 36. The van der Waals surface area contributed by atoms with E-state index in [4.69, 9.17) is 4.74 Å². The summed E-state index contributed by atoms with van der Waals surface area (Å²) in [5.41, 5.74) is 0. The van der Waals surface area contributed by atoms with E-state index >= 15 is 0 Å². The molecule has 1 N–H and O–H groups in total. The largest absolute Gasteiger partial charge is 0.368 e. The summed E-state index contributed by atoms with van der Waals surface area (Å²) >= 11 is 0. The second-order valence-electron chi connectivity index (χ2n) is 14.3. The summed E-state index contributed by atoms with van der Waals surface area (Å²) < 4.78 is 5.78. The van der Waals surface area contributed by atoms with Crippen LogP contribution in [0.3, 0.4) is 0 Å². The summed E-state index contributed by atoms with van der Waals surface area (Å²) in [6, 6.07) is 0. The molecule has 2 unspecified atom stereocenters. The molecule has 0 fully saturated rings. The Bertz CT molecular complexity index is 476. The highest BCUT2D eigenvalue weighted by atomic mass is 16.6. The third-order valence-corrected chi connectivity index (χ3v) is 9.61. The lowest BCUT2D eigenvalue weighted by atomic mass is 9.95. The molecule has 0 aromatic rings. The molecule has 0 aliphatic rings. The van der Waals surface area contributed by atoms with Crippen molar-refractivity contribution in [2.75, 3.05) is 6.61 Å². The molecule has 0 amide bonds. The Morgan fingerprint density at radius 1 is 0.405 bits per heavy atom. The van der Waals surface area contributed by atoms with Crippen LogP contribution in [0.2, 0.25) is 0 Å². The van der Waals surface area contributed by atoms with Gasteiger partial charge in [-0.15, -0.1) is 0 Å². The molecule has 0 aliphatic heterocycles. The second kappa shape index (κ2) is 35.4. The van der Waals surface area contributed by atoms with E-state index < -0.39 is 6.29 Å². The summed E-state index contributed by atoms with van der Waals surface area (Å²) in [6.45, 7) is 10.0. The lowest BCUT2D eigenvalue weighted by Crippen LogP contribution is -2.14. The van der Waals surface area contributed by atoms with E-state index in [0.29, 0.717) is 0 Å². The molecule has 0 aromatic carbocycles. The number of aliphatic hydroxyl groups excluding tert-OH is 1. The zero-order valence-electron chi connectivity index (χ0n) is 29.9. The fourth-order valence-electron chi connectivity index (χ4n) is 6.45. The third-order valence-electron chi connectivity index (χ3n) is 9.61. The van der Waals surface area contributed by atoms with E-state index in [9.17, 15) is 5.11 Å².